The van der Waals surface area contributed by atoms with E-state index in [-0.39, 0.29) is 5.56 Å². The summed E-state index contributed by atoms with van der Waals surface area (Å²) in [6, 6.07) is 3.10. The summed E-state index contributed by atoms with van der Waals surface area (Å²) < 4.78 is 0. The van der Waals surface area contributed by atoms with E-state index in [2.05, 4.69) is 4.98 Å². The number of anilines is 1. The molecular formula is C9H12N2O2. The van der Waals surface area contributed by atoms with E-state index in [0.717, 1.165) is 0 Å². The van der Waals surface area contributed by atoms with Crippen LogP contribution < -0.4 is 4.90 Å². The molecular weight excluding hydrogens is 168 g/mol. The van der Waals surface area contributed by atoms with Crippen LogP contribution in [0.3, 0.4) is 0 Å². The van der Waals surface area contributed by atoms with Gasteiger partial charge in [0, 0.05) is 19.8 Å². The lowest BCUT2D eigenvalue weighted by Crippen LogP contribution is -2.12. The molecule has 4 nitrogen and oxygen atoms in total. The van der Waals surface area contributed by atoms with E-state index in [1.165, 1.54) is 0 Å². The molecule has 1 aromatic heterocycles. The third-order valence-corrected chi connectivity index (χ3v) is 1.65. The highest BCUT2D eigenvalue weighted by Gasteiger charge is 2.07. The maximum absolute atomic E-state index is 10.7. The highest BCUT2D eigenvalue weighted by atomic mass is 16.4. The van der Waals surface area contributed by atoms with Crippen LogP contribution in [0.1, 0.15) is 16.1 Å². The molecule has 0 bridgehead atoms. The molecule has 0 saturated carbocycles. The molecule has 0 fully saturated rings. The van der Waals surface area contributed by atoms with Crippen molar-refractivity contribution in [2.24, 2.45) is 0 Å². The van der Waals surface area contributed by atoms with Crippen LogP contribution in [0.15, 0.2) is 12.1 Å². The smallest absolute Gasteiger partial charge is 0.335 e. The van der Waals surface area contributed by atoms with Gasteiger partial charge in [-0.25, -0.2) is 9.78 Å². The molecule has 0 aliphatic carbocycles. The van der Waals surface area contributed by atoms with Crippen molar-refractivity contribution in [2.75, 3.05) is 19.0 Å². The first-order chi connectivity index (χ1) is 6.00. The van der Waals surface area contributed by atoms with Gasteiger partial charge in [-0.2, -0.15) is 0 Å². The molecule has 0 saturated heterocycles. The number of aromatic carboxylic acids is 1. The van der Waals surface area contributed by atoms with Crippen LogP contribution in [0, 0.1) is 6.92 Å². The van der Waals surface area contributed by atoms with Gasteiger partial charge in [0.1, 0.15) is 5.82 Å². The first kappa shape index (κ1) is 9.51. The SMILES string of the molecule is Cc1cc(C(=O)O)cc(N(C)C)n1. The van der Waals surface area contributed by atoms with Gasteiger partial charge < -0.3 is 10.0 Å². The van der Waals surface area contributed by atoms with Gasteiger partial charge in [0.25, 0.3) is 0 Å². The largest absolute Gasteiger partial charge is 0.478 e. The highest BCUT2D eigenvalue weighted by Crippen LogP contribution is 2.12. The molecule has 0 radical (unpaired) electrons. The van der Waals surface area contributed by atoms with Gasteiger partial charge in [0.15, 0.2) is 0 Å². The zero-order valence-electron chi connectivity index (χ0n) is 7.90. The van der Waals surface area contributed by atoms with E-state index >= 15 is 0 Å². The van der Waals surface area contributed by atoms with Gasteiger partial charge in [-0.1, -0.05) is 0 Å². The van der Waals surface area contributed by atoms with Crippen molar-refractivity contribution in [1.82, 2.24) is 4.98 Å². The molecule has 0 spiro atoms. The molecule has 0 amide bonds. The number of hydrogen-bond donors (Lipinski definition) is 1. The van der Waals surface area contributed by atoms with Crippen LogP contribution in [0.25, 0.3) is 0 Å². The Morgan fingerprint density at radius 3 is 2.54 bits per heavy atom. The molecule has 0 unspecified atom stereocenters. The average molecular weight is 180 g/mol. The molecule has 1 aromatic rings. The van der Waals surface area contributed by atoms with Crippen molar-refractivity contribution in [2.45, 2.75) is 6.92 Å². The summed E-state index contributed by atoms with van der Waals surface area (Å²) in [4.78, 5) is 16.6. The zero-order chi connectivity index (χ0) is 10.0. The van der Waals surface area contributed by atoms with Crippen LogP contribution in [-0.4, -0.2) is 30.2 Å². The predicted octanol–water partition coefficient (Wildman–Crippen LogP) is 1.15. The predicted molar refractivity (Wildman–Crippen MR) is 50.3 cm³/mol. The Morgan fingerprint density at radius 2 is 2.08 bits per heavy atom. The minimum atomic E-state index is -0.923. The van der Waals surface area contributed by atoms with Crippen LogP contribution in [0.5, 0.6) is 0 Å². The second-order valence-corrected chi connectivity index (χ2v) is 3.05. The van der Waals surface area contributed by atoms with Crippen molar-refractivity contribution < 1.29 is 9.90 Å². The number of aryl methyl sites for hydroxylation is 1. The van der Waals surface area contributed by atoms with E-state index < -0.39 is 5.97 Å². The molecule has 70 valence electrons. The summed E-state index contributed by atoms with van der Waals surface area (Å²) in [5.74, 6) is -0.258. The van der Waals surface area contributed by atoms with E-state index in [0.29, 0.717) is 11.5 Å². The topological polar surface area (TPSA) is 53.4 Å². The summed E-state index contributed by atoms with van der Waals surface area (Å²) in [6.07, 6.45) is 0. The van der Waals surface area contributed by atoms with Gasteiger partial charge in [0.05, 0.1) is 5.56 Å². The summed E-state index contributed by atoms with van der Waals surface area (Å²) >= 11 is 0. The lowest BCUT2D eigenvalue weighted by atomic mass is 10.2. The molecule has 1 heterocycles. The Hall–Kier alpha value is -1.58. The van der Waals surface area contributed by atoms with Crippen molar-refractivity contribution in [3.63, 3.8) is 0 Å². The summed E-state index contributed by atoms with van der Waals surface area (Å²) in [5.41, 5.74) is 0.986. The van der Waals surface area contributed by atoms with Gasteiger partial charge >= 0.3 is 5.97 Å². The van der Waals surface area contributed by atoms with Gasteiger partial charge in [0.2, 0.25) is 0 Å². The second-order valence-electron chi connectivity index (χ2n) is 3.05. The Morgan fingerprint density at radius 1 is 1.46 bits per heavy atom. The quantitative estimate of drug-likeness (QED) is 0.741. The van der Waals surface area contributed by atoms with E-state index in [1.807, 2.05) is 14.1 Å². The maximum Gasteiger partial charge on any atom is 0.335 e. The normalized spacial score (nSPS) is 9.77. The number of pyridine rings is 1. The highest BCUT2D eigenvalue weighted by molar-refractivity contribution is 5.88. The lowest BCUT2D eigenvalue weighted by molar-refractivity contribution is 0.0696. The summed E-state index contributed by atoms with van der Waals surface area (Å²) in [7, 11) is 3.65. The molecule has 13 heavy (non-hydrogen) atoms. The Labute approximate surface area is 76.8 Å². The van der Waals surface area contributed by atoms with Crippen molar-refractivity contribution in [3.05, 3.63) is 23.4 Å². The minimum absolute atomic E-state index is 0.274. The molecule has 0 aliphatic rings. The Bertz CT molecular complexity index is 334. The van der Waals surface area contributed by atoms with Crippen molar-refractivity contribution in [1.29, 1.82) is 0 Å². The zero-order valence-corrected chi connectivity index (χ0v) is 7.90. The molecule has 0 aromatic carbocycles. The monoisotopic (exact) mass is 180 g/mol. The number of carboxylic acids is 1. The third kappa shape index (κ3) is 2.18. The standard InChI is InChI=1S/C9H12N2O2/c1-6-4-7(9(12)13)5-8(10-6)11(2)3/h4-5H,1-3H3,(H,12,13). The first-order valence-corrected chi connectivity index (χ1v) is 3.90. The number of aromatic nitrogens is 1. The average Bonchev–Trinajstić information content (AvgIpc) is 2.03. The fourth-order valence-electron chi connectivity index (χ4n) is 1.00. The number of nitrogens with zero attached hydrogens (tertiary/aromatic N) is 2. The fourth-order valence-corrected chi connectivity index (χ4v) is 1.00. The number of carbonyl (C=O) groups is 1. The van der Waals surface area contributed by atoms with Crippen LogP contribution in [-0.2, 0) is 0 Å². The second kappa shape index (κ2) is 3.43. The van der Waals surface area contributed by atoms with E-state index in [4.69, 9.17) is 5.11 Å². The first-order valence-electron chi connectivity index (χ1n) is 3.90. The fraction of sp³-hybridized carbons (Fsp3) is 0.333. The number of rotatable bonds is 2. The molecule has 1 rings (SSSR count). The van der Waals surface area contributed by atoms with Gasteiger partial charge in [-0.05, 0) is 19.1 Å². The number of hydrogen-bond acceptors (Lipinski definition) is 3. The Balaban J connectivity index is 3.19. The Kier molecular flexibility index (Phi) is 2.51. The number of carboxylic acid groups (broad SMARTS) is 1. The third-order valence-electron chi connectivity index (χ3n) is 1.65. The van der Waals surface area contributed by atoms with E-state index in [1.54, 1.807) is 24.0 Å². The summed E-state index contributed by atoms with van der Waals surface area (Å²) in [5, 5.41) is 8.77. The molecule has 0 aliphatic heterocycles. The van der Waals surface area contributed by atoms with Gasteiger partial charge in [-0.15, -0.1) is 0 Å². The van der Waals surface area contributed by atoms with Crippen LogP contribution in [0.2, 0.25) is 0 Å². The van der Waals surface area contributed by atoms with Crippen LogP contribution >= 0.6 is 0 Å². The summed E-state index contributed by atoms with van der Waals surface area (Å²) in [6.45, 7) is 1.78. The molecule has 0 atom stereocenters. The van der Waals surface area contributed by atoms with E-state index in [9.17, 15) is 4.79 Å². The molecule has 4 heteroatoms. The lowest BCUT2D eigenvalue weighted by Gasteiger charge is -2.12. The van der Waals surface area contributed by atoms with Crippen molar-refractivity contribution >= 4 is 11.8 Å². The minimum Gasteiger partial charge on any atom is -0.478 e. The molecule has 1 N–H and O–H groups in total. The van der Waals surface area contributed by atoms with Crippen LogP contribution in [0.4, 0.5) is 5.82 Å². The maximum atomic E-state index is 10.7. The van der Waals surface area contributed by atoms with Gasteiger partial charge in [-0.3, -0.25) is 0 Å². The van der Waals surface area contributed by atoms with Crippen molar-refractivity contribution in [3.8, 4) is 0 Å².